The largest absolute Gasteiger partial charge is 0.331 e. The summed E-state index contributed by atoms with van der Waals surface area (Å²) in [7, 11) is 3.87. The first-order valence-corrected chi connectivity index (χ1v) is 10.2. The van der Waals surface area contributed by atoms with Crippen LogP contribution in [-0.2, 0) is 0 Å². The van der Waals surface area contributed by atoms with Gasteiger partial charge in [0.25, 0.3) is 0 Å². The highest BCUT2D eigenvalue weighted by Crippen LogP contribution is 2.37. The molecule has 0 saturated carbocycles. The Hall–Kier alpha value is -1.96. The number of piperidine rings is 1. The van der Waals surface area contributed by atoms with Gasteiger partial charge in [0.1, 0.15) is 5.69 Å². The summed E-state index contributed by atoms with van der Waals surface area (Å²) in [5, 5.41) is 3.40. The maximum atomic E-state index is 14.0. The van der Waals surface area contributed by atoms with Gasteiger partial charge < -0.3 is 15.1 Å². The first-order chi connectivity index (χ1) is 13.8. The Bertz CT molecular complexity index is 897. The van der Waals surface area contributed by atoms with Crippen LogP contribution in [0.1, 0.15) is 31.4 Å². The van der Waals surface area contributed by atoms with E-state index >= 15 is 0 Å². The second-order valence-electron chi connectivity index (χ2n) is 7.37. The molecule has 3 rings (SSSR count). The van der Waals surface area contributed by atoms with Crippen LogP contribution in [0.15, 0.2) is 24.5 Å². The minimum atomic E-state index is -0.723. The maximum absolute atomic E-state index is 14.0. The van der Waals surface area contributed by atoms with Gasteiger partial charge in [-0.1, -0.05) is 35.3 Å². The van der Waals surface area contributed by atoms with Gasteiger partial charge in [0, 0.05) is 37.6 Å². The quantitative estimate of drug-likeness (QED) is 0.767. The minimum Gasteiger partial charge on any atom is -0.331 e. The molecule has 2 unspecified atom stereocenters. The molecule has 1 aromatic heterocycles. The average Bonchev–Trinajstić information content (AvgIpc) is 2.70. The van der Waals surface area contributed by atoms with E-state index in [1.165, 1.54) is 12.4 Å². The molecule has 2 atom stereocenters. The molecule has 2 amide bonds. The number of nitrogens with zero attached hydrogens (tertiary/aromatic N) is 4. The summed E-state index contributed by atoms with van der Waals surface area (Å²) in [4.78, 5) is 24.3. The van der Waals surface area contributed by atoms with Gasteiger partial charge in [-0.15, -0.1) is 0 Å². The number of hydrogen-bond acceptors (Lipinski definition) is 4. The van der Waals surface area contributed by atoms with Gasteiger partial charge in [-0.25, -0.2) is 14.8 Å². The Labute approximate surface area is 180 Å². The van der Waals surface area contributed by atoms with Crippen LogP contribution in [0.5, 0.6) is 0 Å². The summed E-state index contributed by atoms with van der Waals surface area (Å²) in [6.07, 6.45) is 4.70. The molecular weight excluding hydrogens is 416 g/mol. The van der Waals surface area contributed by atoms with Crippen LogP contribution in [0.25, 0.3) is 11.3 Å². The fraction of sp³-hybridized carbons (Fsp3) is 0.450. The van der Waals surface area contributed by atoms with Crippen molar-refractivity contribution in [2.24, 2.45) is 0 Å². The van der Waals surface area contributed by atoms with E-state index in [4.69, 9.17) is 23.2 Å². The summed E-state index contributed by atoms with van der Waals surface area (Å²) >= 11 is 12.8. The van der Waals surface area contributed by atoms with E-state index in [1.54, 1.807) is 24.1 Å². The standard InChI is InChI=1S/C20H24Cl2FN5O/c1-12(26-20(29)28(3)13-5-4-10-27(2)11-13)14-6-7-15(17(22)16(14)21)18-19(23)25-9-8-24-18/h6-9,12-13H,4-5,10-11H2,1-3H3,(H,26,29). The normalized spacial score (nSPS) is 18.3. The van der Waals surface area contributed by atoms with Crippen molar-refractivity contribution in [3.8, 4) is 11.3 Å². The zero-order chi connectivity index (χ0) is 21.1. The molecule has 0 radical (unpaired) electrons. The summed E-state index contributed by atoms with van der Waals surface area (Å²) in [5.74, 6) is -0.723. The molecular formula is C20H24Cl2FN5O. The number of aromatic nitrogens is 2. The first-order valence-electron chi connectivity index (χ1n) is 9.46. The van der Waals surface area contributed by atoms with E-state index < -0.39 is 5.95 Å². The van der Waals surface area contributed by atoms with E-state index in [-0.39, 0.29) is 33.9 Å². The van der Waals surface area contributed by atoms with Crippen molar-refractivity contribution in [3.05, 3.63) is 46.1 Å². The third-order valence-electron chi connectivity index (χ3n) is 5.30. The summed E-state index contributed by atoms with van der Waals surface area (Å²) in [6, 6.07) is 2.98. The number of nitrogens with one attached hydrogen (secondary N) is 1. The molecule has 156 valence electrons. The van der Waals surface area contributed by atoms with E-state index in [2.05, 4.69) is 27.2 Å². The number of carbonyl (C=O) groups excluding carboxylic acids is 1. The minimum absolute atomic E-state index is 0.0313. The van der Waals surface area contributed by atoms with Crippen LogP contribution >= 0.6 is 23.2 Å². The second kappa shape index (κ2) is 9.24. The number of rotatable bonds is 4. The highest BCUT2D eigenvalue weighted by Gasteiger charge is 2.26. The smallest absolute Gasteiger partial charge is 0.317 e. The SMILES string of the molecule is CC(NC(=O)N(C)C1CCCN(C)C1)c1ccc(-c2nccnc2F)c(Cl)c1Cl. The second-order valence-corrected chi connectivity index (χ2v) is 8.12. The predicted molar refractivity (Wildman–Crippen MR) is 113 cm³/mol. The third-order valence-corrected chi connectivity index (χ3v) is 6.19. The molecule has 2 aromatic rings. The van der Waals surface area contributed by atoms with Gasteiger partial charge in [-0.05, 0) is 38.9 Å². The van der Waals surface area contributed by atoms with Crippen LogP contribution in [-0.4, -0.2) is 59.0 Å². The third kappa shape index (κ3) is 4.79. The number of benzene rings is 1. The van der Waals surface area contributed by atoms with Gasteiger partial charge in [0.15, 0.2) is 0 Å². The number of urea groups is 1. The molecule has 1 aliphatic rings. The van der Waals surface area contributed by atoms with Crippen LogP contribution in [0.3, 0.4) is 0 Å². The highest BCUT2D eigenvalue weighted by atomic mass is 35.5. The zero-order valence-corrected chi connectivity index (χ0v) is 18.1. The first kappa shape index (κ1) is 21.7. The Morgan fingerprint density at radius 1 is 1.31 bits per heavy atom. The Morgan fingerprint density at radius 3 is 2.72 bits per heavy atom. The van der Waals surface area contributed by atoms with Gasteiger partial charge in [0.2, 0.25) is 5.95 Å². The van der Waals surface area contributed by atoms with E-state index in [0.717, 1.165) is 25.9 Å². The van der Waals surface area contributed by atoms with Crippen LogP contribution in [0.2, 0.25) is 10.0 Å². The molecule has 1 aromatic carbocycles. The van der Waals surface area contributed by atoms with Crippen LogP contribution in [0, 0.1) is 5.95 Å². The number of carbonyl (C=O) groups is 1. The number of likely N-dealkylation sites (N-methyl/N-ethyl adjacent to an activating group) is 2. The van der Waals surface area contributed by atoms with Gasteiger partial charge in [-0.2, -0.15) is 4.39 Å². The molecule has 0 bridgehead atoms. The van der Waals surface area contributed by atoms with Crippen molar-refractivity contribution in [1.29, 1.82) is 0 Å². The Morgan fingerprint density at radius 2 is 2.03 bits per heavy atom. The lowest BCUT2D eigenvalue weighted by atomic mass is 10.0. The number of hydrogen-bond donors (Lipinski definition) is 1. The van der Waals surface area contributed by atoms with Crippen molar-refractivity contribution in [2.75, 3.05) is 27.2 Å². The van der Waals surface area contributed by atoms with Crippen molar-refractivity contribution in [1.82, 2.24) is 25.1 Å². The number of halogens is 3. The number of amides is 2. The van der Waals surface area contributed by atoms with Gasteiger partial charge >= 0.3 is 6.03 Å². The van der Waals surface area contributed by atoms with Crippen molar-refractivity contribution < 1.29 is 9.18 Å². The van der Waals surface area contributed by atoms with Gasteiger partial charge in [0.05, 0.1) is 16.1 Å². The van der Waals surface area contributed by atoms with Crippen molar-refractivity contribution in [2.45, 2.75) is 31.8 Å². The molecule has 1 saturated heterocycles. The highest BCUT2D eigenvalue weighted by molar-refractivity contribution is 6.44. The summed E-state index contributed by atoms with van der Waals surface area (Å²) < 4.78 is 14.0. The maximum Gasteiger partial charge on any atom is 0.317 e. The molecule has 29 heavy (non-hydrogen) atoms. The predicted octanol–water partition coefficient (Wildman–Crippen LogP) is 4.39. The molecule has 2 heterocycles. The van der Waals surface area contributed by atoms with E-state index in [9.17, 15) is 9.18 Å². The molecule has 0 aliphatic carbocycles. The lowest BCUT2D eigenvalue weighted by Crippen LogP contribution is -2.50. The van der Waals surface area contributed by atoms with E-state index in [1.807, 2.05) is 6.92 Å². The molecule has 9 heteroatoms. The topological polar surface area (TPSA) is 61.4 Å². The van der Waals surface area contributed by atoms with Gasteiger partial charge in [-0.3, -0.25) is 0 Å². The van der Waals surface area contributed by atoms with Crippen LogP contribution < -0.4 is 5.32 Å². The molecule has 1 fully saturated rings. The summed E-state index contributed by atoms with van der Waals surface area (Å²) in [5.41, 5.74) is 1.03. The molecule has 1 N–H and O–H groups in total. The summed E-state index contributed by atoms with van der Waals surface area (Å²) in [6.45, 7) is 3.73. The molecule has 0 spiro atoms. The molecule has 1 aliphatic heterocycles. The monoisotopic (exact) mass is 439 g/mol. The van der Waals surface area contributed by atoms with E-state index in [0.29, 0.717) is 11.1 Å². The fourth-order valence-electron chi connectivity index (χ4n) is 3.57. The fourth-order valence-corrected chi connectivity index (χ4v) is 4.16. The van der Waals surface area contributed by atoms with Crippen molar-refractivity contribution >= 4 is 29.2 Å². The molecule has 6 nitrogen and oxygen atoms in total. The zero-order valence-electron chi connectivity index (χ0n) is 16.6. The average molecular weight is 440 g/mol. The Kier molecular flexibility index (Phi) is 6.93. The van der Waals surface area contributed by atoms with Crippen molar-refractivity contribution in [3.63, 3.8) is 0 Å². The number of likely N-dealkylation sites (tertiary alicyclic amines) is 1. The Balaban J connectivity index is 1.75. The van der Waals surface area contributed by atoms with Crippen LogP contribution in [0.4, 0.5) is 9.18 Å². The lowest BCUT2D eigenvalue weighted by molar-refractivity contribution is 0.139. The lowest BCUT2D eigenvalue weighted by Gasteiger charge is -2.36.